The van der Waals surface area contributed by atoms with Gasteiger partial charge in [-0.2, -0.15) is 0 Å². The highest BCUT2D eigenvalue weighted by atomic mass is 16.5. The Hall–Kier alpha value is -4.48. The quantitative estimate of drug-likeness (QED) is 0.214. The number of rotatable bonds is 7. The first-order chi connectivity index (χ1) is 19.5. The maximum atomic E-state index is 13.6. The summed E-state index contributed by atoms with van der Waals surface area (Å²) >= 11 is 0. The second kappa shape index (κ2) is 10.5. The summed E-state index contributed by atoms with van der Waals surface area (Å²) < 4.78 is 4.90. The van der Waals surface area contributed by atoms with E-state index in [2.05, 4.69) is 5.32 Å². The number of carbonyl (C=O) groups is 4. The second-order valence-corrected chi connectivity index (χ2v) is 10.5. The minimum Gasteiger partial charge on any atom is -0.508 e. The van der Waals surface area contributed by atoms with Crippen LogP contribution in [0, 0.1) is 11.8 Å². The first kappa shape index (κ1) is 28.1. The van der Waals surface area contributed by atoms with Crippen molar-refractivity contribution in [2.45, 2.75) is 38.3 Å². The predicted octanol–water partition coefficient (Wildman–Crippen LogP) is 1.74. The van der Waals surface area contributed by atoms with Crippen LogP contribution in [0.1, 0.15) is 36.5 Å². The number of nitrogens with two attached hydrogens (primary N) is 1. The van der Waals surface area contributed by atoms with Crippen LogP contribution in [0.3, 0.4) is 0 Å². The Balaban J connectivity index is 1.50. The number of carbonyl (C=O) groups excluding carboxylic acids is 4. The van der Waals surface area contributed by atoms with Gasteiger partial charge in [0, 0.05) is 24.5 Å². The molecule has 2 aromatic rings. The molecule has 0 aromatic heterocycles. The van der Waals surface area contributed by atoms with Crippen LogP contribution in [0.4, 0.5) is 0 Å². The van der Waals surface area contributed by atoms with Gasteiger partial charge >= 0.3 is 5.97 Å². The van der Waals surface area contributed by atoms with Crippen LogP contribution in [0.25, 0.3) is 16.9 Å². The fourth-order valence-corrected chi connectivity index (χ4v) is 6.22. The largest absolute Gasteiger partial charge is 0.508 e. The lowest BCUT2D eigenvalue weighted by Gasteiger charge is -2.46. The van der Waals surface area contributed by atoms with Gasteiger partial charge in [0.15, 0.2) is 11.4 Å². The number of phenols is 1. The van der Waals surface area contributed by atoms with Crippen molar-refractivity contribution in [3.8, 4) is 16.9 Å². The molecule has 2 aromatic carbocycles. The number of aliphatic hydroxyl groups is 3. The summed E-state index contributed by atoms with van der Waals surface area (Å²) in [4.78, 5) is 49.5. The van der Waals surface area contributed by atoms with Crippen LogP contribution in [0.2, 0.25) is 0 Å². The molecule has 3 aliphatic carbocycles. The van der Waals surface area contributed by atoms with Crippen LogP contribution >= 0.6 is 0 Å². The highest BCUT2D eigenvalue weighted by Crippen LogP contribution is 2.53. The standard InChI is InChI=1S/C30H30N2O9/c1-2-41-22(35)13-32-12-14-3-5-15(6-4-14)18-7-8-20(33)24-19(18)10-16-9-17-11-21(34)25(29(31)39)28(38)30(17,40)27(37)23(16)26(24)36/h3-8,16-17,32-33,36,38,40H,2,9-13H2,1H3,(H2,31,39). The zero-order valence-corrected chi connectivity index (χ0v) is 22.3. The summed E-state index contributed by atoms with van der Waals surface area (Å²) in [5, 5.41) is 47.1. The Morgan fingerprint density at radius 2 is 1.78 bits per heavy atom. The number of esters is 1. The average Bonchev–Trinajstić information content (AvgIpc) is 2.91. The van der Waals surface area contributed by atoms with Gasteiger partial charge in [-0.15, -0.1) is 0 Å². The molecule has 0 spiro atoms. The molecule has 5 rings (SSSR count). The number of fused-ring (bicyclic) bond motifs is 3. The molecule has 1 saturated carbocycles. The fourth-order valence-electron chi connectivity index (χ4n) is 6.22. The SMILES string of the molecule is CCOC(=O)CNCc1ccc(-c2ccc(O)c3c2CC2CC4CC(=O)C(C(N)=O)=C(O)C4(O)C(=O)C2=C3O)cc1. The number of nitrogens with one attached hydrogen (secondary N) is 1. The minimum absolute atomic E-state index is 0.0369. The summed E-state index contributed by atoms with van der Waals surface area (Å²) in [5.74, 6) is -6.96. The van der Waals surface area contributed by atoms with Crippen molar-refractivity contribution in [3.05, 3.63) is 70.0 Å². The third kappa shape index (κ3) is 4.56. The third-order valence-electron chi connectivity index (χ3n) is 8.12. The number of ketones is 2. The molecule has 3 aliphatic rings. The number of benzene rings is 2. The highest BCUT2D eigenvalue weighted by Gasteiger charge is 2.60. The number of hydrogen-bond acceptors (Lipinski definition) is 10. The van der Waals surface area contributed by atoms with Gasteiger partial charge in [-0.3, -0.25) is 19.2 Å². The summed E-state index contributed by atoms with van der Waals surface area (Å²) in [6, 6.07) is 10.6. The molecule has 214 valence electrons. The molecule has 1 fully saturated rings. The van der Waals surface area contributed by atoms with Crippen LogP contribution in [-0.2, 0) is 36.9 Å². The van der Waals surface area contributed by atoms with E-state index in [1.165, 1.54) is 6.07 Å². The predicted molar refractivity (Wildman–Crippen MR) is 145 cm³/mol. The normalized spacial score (nSPS) is 23.6. The number of Topliss-reactive ketones (excluding diaryl/α,β-unsaturated/α-hetero) is 2. The Morgan fingerprint density at radius 3 is 2.44 bits per heavy atom. The smallest absolute Gasteiger partial charge is 0.319 e. The molecular weight excluding hydrogens is 532 g/mol. The summed E-state index contributed by atoms with van der Waals surface area (Å²) in [7, 11) is 0. The number of ether oxygens (including phenoxy) is 1. The Labute approximate surface area is 234 Å². The van der Waals surface area contributed by atoms with Crippen molar-refractivity contribution in [2.24, 2.45) is 17.6 Å². The van der Waals surface area contributed by atoms with Crippen molar-refractivity contribution >= 4 is 29.2 Å². The van der Waals surface area contributed by atoms with Crippen molar-refractivity contribution in [1.29, 1.82) is 0 Å². The molecule has 0 saturated heterocycles. The van der Waals surface area contributed by atoms with E-state index < -0.39 is 52.0 Å². The summed E-state index contributed by atoms with van der Waals surface area (Å²) in [6.45, 7) is 2.56. The zero-order valence-electron chi connectivity index (χ0n) is 22.3. The Morgan fingerprint density at radius 1 is 1.07 bits per heavy atom. The van der Waals surface area contributed by atoms with Crippen molar-refractivity contribution < 1.29 is 44.3 Å². The molecular formula is C30H30N2O9. The highest BCUT2D eigenvalue weighted by molar-refractivity contribution is 6.22. The Bertz CT molecular complexity index is 1540. The molecule has 7 N–H and O–H groups in total. The zero-order chi connectivity index (χ0) is 29.6. The van der Waals surface area contributed by atoms with Gasteiger partial charge in [-0.1, -0.05) is 30.3 Å². The maximum absolute atomic E-state index is 13.6. The van der Waals surface area contributed by atoms with Crippen LogP contribution in [0.5, 0.6) is 5.75 Å². The van der Waals surface area contributed by atoms with Crippen molar-refractivity contribution in [2.75, 3.05) is 13.2 Å². The van der Waals surface area contributed by atoms with Crippen molar-refractivity contribution in [1.82, 2.24) is 5.32 Å². The van der Waals surface area contributed by atoms with Crippen molar-refractivity contribution in [3.63, 3.8) is 0 Å². The molecule has 0 bridgehead atoms. The topological polar surface area (TPSA) is 196 Å². The summed E-state index contributed by atoms with van der Waals surface area (Å²) in [6.07, 6.45) is -0.107. The number of primary amides is 1. The lowest BCUT2D eigenvalue weighted by atomic mass is 9.59. The molecule has 0 heterocycles. The average molecular weight is 563 g/mol. The van der Waals surface area contributed by atoms with E-state index in [1.54, 1.807) is 13.0 Å². The van der Waals surface area contributed by atoms with Gasteiger partial charge in [0.05, 0.1) is 18.7 Å². The molecule has 1 amide bonds. The monoisotopic (exact) mass is 562 g/mol. The number of aliphatic hydroxyl groups excluding tert-OH is 2. The van der Waals surface area contributed by atoms with E-state index in [1.807, 2.05) is 24.3 Å². The first-order valence-corrected chi connectivity index (χ1v) is 13.3. The third-order valence-corrected chi connectivity index (χ3v) is 8.12. The molecule has 3 unspecified atom stereocenters. The maximum Gasteiger partial charge on any atom is 0.319 e. The summed E-state index contributed by atoms with van der Waals surface area (Å²) in [5.41, 5.74) is 4.65. The lowest BCUT2D eigenvalue weighted by Crippen LogP contribution is -2.58. The fraction of sp³-hybridized carbons (Fsp3) is 0.333. The molecule has 0 radical (unpaired) electrons. The Kier molecular flexibility index (Phi) is 7.18. The van der Waals surface area contributed by atoms with Gasteiger partial charge in [-0.25, -0.2) is 0 Å². The van der Waals surface area contributed by atoms with Gasteiger partial charge in [0.1, 0.15) is 22.8 Å². The van der Waals surface area contributed by atoms with E-state index in [0.717, 1.165) is 11.1 Å². The molecule has 41 heavy (non-hydrogen) atoms. The first-order valence-electron chi connectivity index (χ1n) is 13.3. The van der Waals surface area contributed by atoms with Crippen LogP contribution < -0.4 is 11.1 Å². The molecule has 11 heteroatoms. The van der Waals surface area contributed by atoms with Crippen LogP contribution in [0.15, 0.2) is 53.3 Å². The molecule has 3 atom stereocenters. The minimum atomic E-state index is -2.60. The van der Waals surface area contributed by atoms with E-state index in [4.69, 9.17) is 10.5 Å². The number of aromatic hydroxyl groups is 1. The van der Waals surface area contributed by atoms with Gasteiger partial charge in [0.25, 0.3) is 5.91 Å². The van der Waals surface area contributed by atoms with Crippen LogP contribution in [-0.4, -0.2) is 62.6 Å². The lowest BCUT2D eigenvalue weighted by molar-refractivity contribution is -0.147. The van der Waals surface area contributed by atoms with Gasteiger partial charge in [-0.05, 0) is 54.0 Å². The second-order valence-electron chi connectivity index (χ2n) is 10.5. The van der Waals surface area contributed by atoms with Gasteiger partial charge in [0.2, 0.25) is 5.78 Å². The molecule has 11 nitrogen and oxygen atoms in total. The van der Waals surface area contributed by atoms with E-state index in [0.29, 0.717) is 24.3 Å². The number of phenolic OH excluding ortho intramolecular Hbond substituents is 1. The number of amides is 1. The van der Waals surface area contributed by atoms with E-state index in [-0.39, 0.29) is 48.7 Å². The van der Waals surface area contributed by atoms with E-state index in [9.17, 15) is 39.6 Å². The van der Waals surface area contributed by atoms with Gasteiger partial charge < -0.3 is 36.2 Å². The van der Waals surface area contributed by atoms with E-state index >= 15 is 0 Å². The molecule has 0 aliphatic heterocycles. The number of hydrogen-bond donors (Lipinski definition) is 6.